The summed E-state index contributed by atoms with van der Waals surface area (Å²) in [7, 11) is 0. The van der Waals surface area contributed by atoms with Crippen molar-refractivity contribution in [1.82, 2.24) is 0 Å². The molecule has 5 rings (SSSR count). The van der Waals surface area contributed by atoms with Crippen molar-refractivity contribution < 1.29 is 14.4 Å². The molecule has 4 aromatic carbocycles. The Morgan fingerprint density at radius 2 is 1.68 bits per heavy atom. The Morgan fingerprint density at radius 1 is 0.964 bits per heavy atom. The van der Waals surface area contributed by atoms with Crippen LogP contribution in [-0.4, -0.2) is 25.2 Å². The van der Waals surface area contributed by atoms with Gasteiger partial charge in [-0.25, -0.2) is 4.79 Å². The maximum absolute atomic E-state index is 12.5. The van der Waals surface area contributed by atoms with Crippen LogP contribution in [0.25, 0.3) is 32.3 Å². The number of carbonyl (C=O) groups is 1. The number of carbonyl (C=O) groups excluding carboxylic acids is 1. The predicted molar refractivity (Wildman–Crippen MR) is 114 cm³/mol. The van der Waals surface area contributed by atoms with Gasteiger partial charge in [0.1, 0.15) is 6.54 Å². The lowest BCUT2D eigenvalue weighted by Crippen LogP contribution is -3.16. The molecule has 4 aromatic rings. The number of hydrogen-bond acceptors (Lipinski definition) is 2. The molecule has 0 bridgehead atoms. The van der Waals surface area contributed by atoms with Crippen LogP contribution in [0.1, 0.15) is 31.7 Å². The molecule has 3 heteroatoms. The van der Waals surface area contributed by atoms with Gasteiger partial charge >= 0.3 is 5.97 Å². The first-order valence-electron chi connectivity index (χ1n) is 10.4. The van der Waals surface area contributed by atoms with Gasteiger partial charge in [0.2, 0.25) is 0 Å². The summed E-state index contributed by atoms with van der Waals surface area (Å²) in [6.45, 7) is 4.26. The van der Waals surface area contributed by atoms with Gasteiger partial charge in [0.15, 0.2) is 6.04 Å². The number of esters is 1. The summed E-state index contributed by atoms with van der Waals surface area (Å²) >= 11 is 0. The minimum atomic E-state index is -0.0350. The Labute approximate surface area is 165 Å². The highest BCUT2D eigenvalue weighted by atomic mass is 16.5. The minimum absolute atomic E-state index is 0.0325. The molecular formula is C25H26NO2+. The van der Waals surface area contributed by atoms with E-state index in [-0.39, 0.29) is 12.0 Å². The number of piperidine rings is 1. The third-order valence-electron chi connectivity index (χ3n) is 6.34. The van der Waals surface area contributed by atoms with Crippen molar-refractivity contribution in [1.29, 1.82) is 0 Å². The largest absolute Gasteiger partial charge is 0.462 e. The van der Waals surface area contributed by atoms with Crippen LogP contribution in [0.4, 0.5) is 0 Å². The van der Waals surface area contributed by atoms with Gasteiger partial charge in [0, 0.05) is 12.0 Å². The van der Waals surface area contributed by atoms with Gasteiger partial charge in [-0.15, -0.1) is 0 Å². The summed E-state index contributed by atoms with van der Waals surface area (Å²) in [5.41, 5.74) is 1.33. The summed E-state index contributed by atoms with van der Waals surface area (Å²) < 4.78 is 5.37. The van der Waals surface area contributed by atoms with E-state index in [1.54, 1.807) is 0 Å². The quantitative estimate of drug-likeness (QED) is 0.432. The van der Waals surface area contributed by atoms with Crippen molar-refractivity contribution in [2.75, 3.05) is 13.2 Å². The van der Waals surface area contributed by atoms with Crippen LogP contribution in [0.3, 0.4) is 0 Å². The van der Waals surface area contributed by atoms with Crippen LogP contribution in [0.15, 0.2) is 54.6 Å². The topological polar surface area (TPSA) is 30.7 Å². The Hall–Kier alpha value is -2.65. The molecule has 0 radical (unpaired) electrons. The fourth-order valence-electron chi connectivity index (χ4n) is 5.01. The van der Waals surface area contributed by atoms with Crippen LogP contribution < -0.4 is 4.90 Å². The third-order valence-corrected chi connectivity index (χ3v) is 6.34. The van der Waals surface area contributed by atoms with E-state index in [4.69, 9.17) is 4.74 Å². The minimum Gasteiger partial charge on any atom is -0.462 e. The van der Waals surface area contributed by atoms with Gasteiger partial charge in [-0.05, 0) is 52.1 Å². The summed E-state index contributed by atoms with van der Waals surface area (Å²) in [4.78, 5) is 13.8. The molecule has 2 atom stereocenters. The average molecular weight is 372 g/mol. The highest BCUT2D eigenvalue weighted by molar-refractivity contribution is 6.23. The van der Waals surface area contributed by atoms with E-state index in [0.29, 0.717) is 6.61 Å². The molecule has 3 nitrogen and oxygen atoms in total. The molecule has 142 valence electrons. The van der Waals surface area contributed by atoms with Crippen LogP contribution in [0.2, 0.25) is 0 Å². The van der Waals surface area contributed by atoms with Gasteiger partial charge in [-0.1, -0.05) is 54.6 Å². The second kappa shape index (κ2) is 7.06. The Kier molecular flexibility index (Phi) is 4.40. The van der Waals surface area contributed by atoms with Gasteiger partial charge in [0.05, 0.1) is 13.2 Å². The van der Waals surface area contributed by atoms with Crippen LogP contribution in [0, 0.1) is 0 Å². The van der Waals surface area contributed by atoms with Crippen molar-refractivity contribution in [3.05, 3.63) is 60.2 Å². The van der Waals surface area contributed by atoms with Crippen molar-refractivity contribution in [2.45, 2.75) is 38.8 Å². The zero-order chi connectivity index (χ0) is 19.1. The number of quaternary nitrogens is 1. The number of ether oxygens (including phenoxy) is 1. The van der Waals surface area contributed by atoms with E-state index >= 15 is 0 Å². The summed E-state index contributed by atoms with van der Waals surface area (Å²) in [6, 6.07) is 19.9. The fourth-order valence-corrected chi connectivity index (χ4v) is 5.01. The molecule has 1 fully saturated rings. The number of benzene rings is 4. The lowest BCUT2D eigenvalue weighted by atomic mass is 9.91. The standard InChI is InChI=1S/C25H25NO2/c1-2-28-25(27)22-8-3-4-15-26(22)16-20-12-11-19-10-9-17-6-5-7-18-13-14-21(20)24(19)23(17)18/h5-7,9-14,22H,2-4,8,15-16H2,1H3/p+1/t22-/m1/s1. The first-order valence-corrected chi connectivity index (χ1v) is 10.4. The zero-order valence-corrected chi connectivity index (χ0v) is 16.3. The highest BCUT2D eigenvalue weighted by Crippen LogP contribution is 2.35. The predicted octanol–water partition coefficient (Wildman–Crippen LogP) is 4.08. The molecule has 1 N–H and O–H groups in total. The maximum atomic E-state index is 12.5. The first kappa shape index (κ1) is 17.4. The third kappa shape index (κ3) is 2.82. The van der Waals surface area contributed by atoms with Gasteiger partial charge in [-0.2, -0.15) is 0 Å². The van der Waals surface area contributed by atoms with Crippen molar-refractivity contribution >= 4 is 38.3 Å². The van der Waals surface area contributed by atoms with Crippen molar-refractivity contribution in [3.63, 3.8) is 0 Å². The molecule has 0 amide bonds. The molecule has 1 heterocycles. The SMILES string of the molecule is CCOC(=O)[C@H]1CCCC[NH+]1Cc1ccc2ccc3cccc4ccc1c2c34. The van der Waals surface area contributed by atoms with E-state index < -0.39 is 0 Å². The smallest absolute Gasteiger partial charge is 0.364 e. The maximum Gasteiger partial charge on any atom is 0.364 e. The lowest BCUT2D eigenvalue weighted by molar-refractivity contribution is -0.935. The number of rotatable bonds is 4. The van der Waals surface area contributed by atoms with E-state index in [0.717, 1.165) is 25.9 Å². The summed E-state index contributed by atoms with van der Waals surface area (Å²) in [5.74, 6) is -0.0325. The van der Waals surface area contributed by atoms with Crippen LogP contribution in [-0.2, 0) is 16.1 Å². The van der Waals surface area contributed by atoms with Crippen molar-refractivity contribution in [3.8, 4) is 0 Å². The number of nitrogens with one attached hydrogen (secondary N) is 1. The number of hydrogen-bond donors (Lipinski definition) is 1. The van der Waals surface area contributed by atoms with Gasteiger partial charge in [0.25, 0.3) is 0 Å². The molecular weight excluding hydrogens is 346 g/mol. The molecule has 1 saturated heterocycles. The molecule has 0 aliphatic carbocycles. The highest BCUT2D eigenvalue weighted by Gasteiger charge is 2.34. The average Bonchev–Trinajstić information content (AvgIpc) is 2.73. The summed E-state index contributed by atoms with van der Waals surface area (Å²) in [5, 5.41) is 7.91. The lowest BCUT2D eigenvalue weighted by Gasteiger charge is -2.31. The van der Waals surface area contributed by atoms with E-state index in [9.17, 15) is 4.79 Å². The second-order valence-corrected chi connectivity index (χ2v) is 7.97. The Bertz CT molecular complexity index is 1130. The Morgan fingerprint density at radius 3 is 2.46 bits per heavy atom. The molecule has 1 aliphatic rings. The molecule has 0 spiro atoms. The van der Waals surface area contributed by atoms with Crippen LogP contribution >= 0.6 is 0 Å². The van der Waals surface area contributed by atoms with E-state index in [1.807, 2.05) is 6.92 Å². The fraction of sp³-hybridized carbons (Fsp3) is 0.320. The van der Waals surface area contributed by atoms with Crippen LogP contribution in [0.5, 0.6) is 0 Å². The normalized spacial score (nSPS) is 20.2. The molecule has 1 unspecified atom stereocenters. The zero-order valence-electron chi connectivity index (χ0n) is 16.3. The van der Waals surface area contributed by atoms with Gasteiger partial charge < -0.3 is 9.64 Å². The summed E-state index contributed by atoms with van der Waals surface area (Å²) in [6.07, 6.45) is 3.22. The Balaban J connectivity index is 1.60. The van der Waals surface area contributed by atoms with Gasteiger partial charge in [-0.3, -0.25) is 0 Å². The van der Waals surface area contributed by atoms with E-state index in [2.05, 4.69) is 54.6 Å². The van der Waals surface area contributed by atoms with Crippen molar-refractivity contribution in [2.24, 2.45) is 0 Å². The molecule has 28 heavy (non-hydrogen) atoms. The number of likely N-dealkylation sites (tertiary alicyclic amines) is 1. The molecule has 1 aliphatic heterocycles. The first-order chi connectivity index (χ1) is 13.8. The molecule has 0 aromatic heterocycles. The molecule has 0 saturated carbocycles. The van der Waals surface area contributed by atoms with E-state index in [1.165, 1.54) is 49.2 Å². The second-order valence-electron chi connectivity index (χ2n) is 7.97. The monoisotopic (exact) mass is 372 g/mol.